The summed E-state index contributed by atoms with van der Waals surface area (Å²) in [7, 11) is 0. The second-order valence-electron chi connectivity index (χ2n) is 2.72. The lowest BCUT2D eigenvalue weighted by Gasteiger charge is -2.03. The number of phenols is 1. The fourth-order valence-electron chi connectivity index (χ4n) is 1.22. The molecule has 0 unspecified atom stereocenters. The minimum Gasteiger partial charge on any atom is -0.508 e. The van der Waals surface area contributed by atoms with Crippen molar-refractivity contribution in [2.75, 3.05) is 0 Å². The van der Waals surface area contributed by atoms with E-state index in [2.05, 4.69) is 0 Å². The Labute approximate surface area is 71.7 Å². The molecule has 0 fully saturated rings. The molecule has 1 heteroatoms. The van der Waals surface area contributed by atoms with Crippen LogP contribution >= 0.6 is 0 Å². The van der Waals surface area contributed by atoms with Gasteiger partial charge in [-0.05, 0) is 17.7 Å². The van der Waals surface area contributed by atoms with E-state index < -0.39 is 0 Å². The average Bonchev–Trinajstić information content (AvgIpc) is 2.58. The summed E-state index contributed by atoms with van der Waals surface area (Å²) in [5.74, 6) is 1.50. The maximum atomic E-state index is 9.05. The summed E-state index contributed by atoms with van der Waals surface area (Å²) in [5.41, 5.74) is 1.14. The van der Waals surface area contributed by atoms with Crippen molar-refractivity contribution < 1.29 is 5.11 Å². The lowest BCUT2D eigenvalue weighted by atomic mass is 10.0. The monoisotopic (exact) mass is 157 g/mol. The third-order valence-electron chi connectivity index (χ3n) is 1.86. The molecule has 1 aromatic carbocycles. The SMILES string of the molecule is Oc1ccc([C]2C=CC=C2)cc1. The van der Waals surface area contributed by atoms with Crippen molar-refractivity contribution in [3.8, 4) is 5.75 Å². The predicted molar refractivity (Wildman–Crippen MR) is 48.7 cm³/mol. The van der Waals surface area contributed by atoms with E-state index in [1.165, 1.54) is 5.92 Å². The highest BCUT2D eigenvalue weighted by atomic mass is 16.3. The number of allylic oxidation sites excluding steroid dienone is 4. The van der Waals surface area contributed by atoms with Gasteiger partial charge in [0.1, 0.15) is 5.75 Å². The van der Waals surface area contributed by atoms with Crippen molar-refractivity contribution in [2.24, 2.45) is 0 Å². The van der Waals surface area contributed by atoms with Gasteiger partial charge >= 0.3 is 0 Å². The molecular weight excluding hydrogens is 148 g/mol. The fraction of sp³-hybridized carbons (Fsp3) is 0. The zero-order valence-corrected chi connectivity index (χ0v) is 6.57. The maximum absolute atomic E-state index is 9.05. The molecule has 12 heavy (non-hydrogen) atoms. The van der Waals surface area contributed by atoms with Crippen molar-refractivity contribution in [1.82, 2.24) is 0 Å². The van der Waals surface area contributed by atoms with Crippen LogP contribution in [0.4, 0.5) is 0 Å². The Hall–Kier alpha value is -1.50. The molecule has 0 aliphatic heterocycles. The van der Waals surface area contributed by atoms with Crippen LogP contribution in [0.3, 0.4) is 0 Å². The minimum absolute atomic E-state index is 0.310. The molecule has 2 rings (SSSR count). The smallest absolute Gasteiger partial charge is 0.115 e. The zero-order chi connectivity index (χ0) is 8.39. The molecule has 59 valence electrons. The van der Waals surface area contributed by atoms with Gasteiger partial charge in [-0.15, -0.1) is 0 Å². The zero-order valence-electron chi connectivity index (χ0n) is 6.57. The third-order valence-corrected chi connectivity index (χ3v) is 1.86. The highest BCUT2D eigenvalue weighted by Crippen LogP contribution is 2.23. The highest BCUT2D eigenvalue weighted by molar-refractivity contribution is 5.50. The summed E-state index contributed by atoms with van der Waals surface area (Å²) in [6.45, 7) is 0. The van der Waals surface area contributed by atoms with Crippen molar-refractivity contribution in [3.05, 3.63) is 60.1 Å². The van der Waals surface area contributed by atoms with Gasteiger partial charge in [-0.25, -0.2) is 0 Å². The number of aromatic hydroxyl groups is 1. The first-order valence-electron chi connectivity index (χ1n) is 3.87. The maximum Gasteiger partial charge on any atom is 0.115 e. The van der Waals surface area contributed by atoms with Gasteiger partial charge in [0.2, 0.25) is 0 Å². The van der Waals surface area contributed by atoms with Crippen molar-refractivity contribution in [1.29, 1.82) is 0 Å². The van der Waals surface area contributed by atoms with E-state index in [4.69, 9.17) is 5.11 Å². The minimum atomic E-state index is 0.310. The molecule has 0 aromatic heterocycles. The molecule has 1 radical (unpaired) electrons. The Morgan fingerprint density at radius 1 is 0.833 bits per heavy atom. The summed E-state index contributed by atoms with van der Waals surface area (Å²) in [4.78, 5) is 0. The van der Waals surface area contributed by atoms with Gasteiger partial charge in [0.15, 0.2) is 0 Å². The predicted octanol–water partition coefficient (Wildman–Crippen LogP) is 2.44. The quantitative estimate of drug-likeness (QED) is 0.663. The lowest BCUT2D eigenvalue weighted by molar-refractivity contribution is 0.475. The highest BCUT2D eigenvalue weighted by Gasteiger charge is 2.06. The number of phenolic OH excluding ortho intramolecular Hbond substituents is 1. The summed E-state index contributed by atoms with van der Waals surface area (Å²) in [6.07, 6.45) is 8.10. The van der Waals surface area contributed by atoms with E-state index in [1.54, 1.807) is 12.1 Å². The van der Waals surface area contributed by atoms with Crippen LogP contribution in [0.15, 0.2) is 48.6 Å². The Morgan fingerprint density at radius 2 is 1.42 bits per heavy atom. The summed E-state index contributed by atoms with van der Waals surface area (Å²) >= 11 is 0. The fourth-order valence-corrected chi connectivity index (χ4v) is 1.22. The lowest BCUT2D eigenvalue weighted by Crippen LogP contribution is -1.87. The molecule has 0 heterocycles. The molecule has 0 bridgehead atoms. The number of hydrogen-bond donors (Lipinski definition) is 1. The Bertz CT molecular complexity index is 307. The molecule has 1 aromatic rings. The van der Waals surface area contributed by atoms with Gasteiger partial charge < -0.3 is 5.11 Å². The molecule has 1 aliphatic rings. The van der Waals surface area contributed by atoms with Crippen molar-refractivity contribution in [3.63, 3.8) is 0 Å². The second kappa shape index (κ2) is 2.86. The summed E-state index contributed by atoms with van der Waals surface area (Å²) in [5, 5.41) is 9.05. The first-order valence-corrected chi connectivity index (χ1v) is 3.87. The second-order valence-corrected chi connectivity index (χ2v) is 2.72. The topological polar surface area (TPSA) is 20.2 Å². The standard InChI is InChI=1S/C11H9O/c12-11-7-5-10(6-8-11)9-3-1-2-4-9/h1-8,12H. The van der Waals surface area contributed by atoms with E-state index in [0.717, 1.165) is 5.56 Å². The van der Waals surface area contributed by atoms with E-state index in [-0.39, 0.29) is 0 Å². The molecular formula is C11H9O. The van der Waals surface area contributed by atoms with Gasteiger partial charge in [-0.3, -0.25) is 0 Å². The molecule has 0 atom stereocenters. The van der Waals surface area contributed by atoms with Crippen LogP contribution < -0.4 is 0 Å². The molecule has 1 aliphatic carbocycles. The first kappa shape index (κ1) is 7.17. The van der Waals surface area contributed by atoms with Crippen LogP contribution in [0, 0.1) is 5.92 Å². The van der Waals surface area contributed by atoms with Gasteiger partial charge in [0.05, 0.1) is 0 Å². The average molecular weight is 157 g/mol. The summed E-state index contributed by atoms with van der Waals surface area (Å²) in [6, 6.07) is 7.21. The number of benzene rings is 1. The van der Waals surface area contributed by atoms with Gasteiger partial charge in [-0.2, -0.15) is 0 Å². The Balaban J connectivity index is 2.29. The largest absolute Gasteiger partial charge is 0.508 e. The summed E-state index contributed by atoms with van der Waals surface area (Å²) < 4.78 is 0. The first-order chi connectivity index (χ1) is 5.86. The molecule has 0 amide bonds. The van der Waals surface area contributed by atoms with Crippen LogP contribution in [0.25, 0.3) is 0 Å². The Kier molecular flexibility index (Phi) is 1.71. The van der Waals surface area contributed by atoms with Crippen LogP contribution in [0.5, 0.6) is 5.75 Å². The molecule has 0 spiro atoms. The van der Waals surface area contributed by atoms with Crippen LogP contribution in [0.1, 0.15) is 5.56 Å². The van der Waals surface area contributed by atoms with Crippen LogP contribution in [0.2, 0.25) is 0 Å². The normalized spacial score (nSPS) is 15.7. The molecule has 0 saturated carbocycles. The van der Waals surface area contributed by atoms with Gasteiger partial charge in [-0.1, -0.05) is 36.4 Å². The third kappa shape index (κ3) is 1.26. The van der Waals surface area contributed by atoms with E-state index >= 15 is 0 Å². The van der Waals surface area contributed by atoms with Crippen LogP contribution in [-0.2, 0) is 0 Å². The van der Waals surface area contributed by atoms with E-state index in [0.29, 0.717) is 5.75 Å². The number of hydrogen-bond acceptors (Lipinski definition) is 1. The van der Waals surface area contributed by atoms with Crippen molar-refractivity contribution in [2.45, 2.75) is 0 Å². The molecule has 0 saturated heterocycles. The molecule has 1 nitrogen and oxygen atoms in total. The van der Waals surface area contributed by atoms with Crippen LogP contribution in [-0.4, -0.2) is 5.11 Å². The Morgan fingerprint density at radius 3 is 2.00 bits per heavy atom. The van der Waals surface area contributed by atoms with Crippen molar-refractivity contribution >= 4 is 0 Å². The number of rotatable bonds is 1. The molecule has 1 N–H and O–H groups in total. The van der Waals surface area contributed by atoms with Gasteiger partial charge in [0.25, 0.3) is 0 Å². The van der Waals surface area contributed by atoms with E-state index in [1.807, 2.05) is 36.4 Å². The van der Waals surface area contributed by atoms with Gasteiger partial charge in [0, 0.05) is 5.92 Å². The van der Waals surface area contributed by atoms with E-state index in [9.17, 15) is 0 Å².